The van der Waals surface area contributed by atoms with E-state index < -0.39 is 0 Å². The van der Waals surface area contributed by atoms with Gasteiger partial charge in [0, 0.05) is 11.4 Å². The van der Waals surface area contributed by atoms with Crippen LogP contribution in [-0.4, -0.2) is 10.9 Å². The van der Waals surface area contributed by atoms with Gasteiger partial charge in [0.2, 0.25) is 0 Å². The minimum Gasteiger partial charge on any atom is -0.508 e. The Morgan fingerprint density at radius 1 is 1.58 bits per heavy atom. The molecule has 0 fully saturated rings. The number of hydrogen-bond donors (Lipinski definition) is 1. The van der Waals surface area contributed by atoms with Crippen molar-refractivity contribution >= 4 is 17.4 Å². The summed E-state index contributed by atoms with van der Waals surface area (Å²) in [5.74, 6) is 0.297. The van der Waals surface area contributed by atoms with Crippen LogP contribution in [0.25, 0.3) is 0 Å². The van der Waals surface area contributed by atoms with Crippen LogP contribution in [0.2, 0.25) is 0 Å². The van der Waals surface area contributed by atoms with Crippen LogP contribution >= 0.6 is 11.6 Å². The van der Waals surface area contributed by atoms with Gasteiger partial charge < -0.3 is 5.11 Å². The molecule has 1 aromatic carbocycles. The average molecular weight is 185 g/mol. The fourth-order valence-electron chi connectivity index (χ4n) is 1.01. The number of hydrogen-bond acceptors (Lipinski definition) is 2. The number of aromatic hydroxyl groups is 1. The van der Waals surface area contributed by atoms with Gasteiger partial charge >= 0.3 is 0 Å². The van der Waals surface area contributed by atoms with Gasteiger partial charge in [-0.05, 0) is 24.6 Å². The van der Waals surface area contributed by atoms with E-state index in [2.05, 4.69) is 0 Å². The van der Waals surface area contributed by atoms with Gasteiger partial charge in [0.1, 0.15) is 5.75 Å². The molecule has 0 aliphatic heterocycles. The first kappa shape index (κ1) is 9.07. The summed E-state index contributed by atoms with van der Waals surface area (Å²) in [6.45, 7) is 1.45. The molecule has 64 valence electrons. The number of ketones is 1. The highest BCUT2D eigenvalue weighted by Crippen LogP contribution is 2.18. The SMILES string of the molecule is CC(=O)c1cc(O)ccc1CCl. The predicted molar refractivity (Wildman–Crippen MR) is 47.7 cm³/mol. The van der Waals surface area contributed by atoms with Crippen LogP contribution in [0.4, 0.5) is 0 Å². The van der Waals surface area contributed by atoms with Crippen molar-refractivity contribution in [2.45, 2.75) is 12.8 Å². The Bertz CT molecular complexity index is 307. The number of carbonyl (C=O) groups is 1. The number of Topliss-reactive ketones (excluding diaryl/α,β-unsaturated/α-hetero) is 1. The summed E-state index contributed by atoms with van der Waals surface area (Å²) in [4.78, 5) is 11.0. The fourth-order valence-corrected chi connectivity index (χ4v) is 1.24. The van der Waals surface area contributed by atoms with E-state index in [0.29, 0.717) is 5.56 Å². The molecule has 0 spiro atoms. The third-order valence-electron chi connectivity index (χ3n) is 1.62. The zero-order valence-corrected chi connectivity index (χ0v) is 7.43. The Hall–Kier alpha value is -1.02. The van der Waals surface area contributed by atoms with Crippen LogP contribution in [0.1, 0.15) is 22.8 Å². The fraction of sp³-hybridized carbons (Fsp3) is 0.222. The normalized spacial score (nSPS) is 9.83. The Morgan fingerprint density at radius 3 is 2.75 bits per heavy atom. The molecular weight excluding hydrogens is 176 g/mol. The van der Waals surface area contributed by atoms with E-state index in [4.69, 9.17) is 16.7 Å². The van der Waals surface area contributed by atoms with E-state index in [1.807, 2.05) is 0 Å². The highest BCUT2D eigenvalue weighted by atomic mass is 35.5. The lowest BCUT2D eigenvalue weighted by Gasteiger charge is -2.02. The first-order valence-electron chi connectivity index (χ1n) is 3.54. The molecule has 2 nitrogen and oxygen atoms in total. The maximum Gasteiger partial charge on any atom is 0.160 e. The summed E-state index contributed by atoms with van der Waals surface area (Å²) >= 11 is 5.59. The van der Waals surface area contributed by atoms with Gasteiger partial charge in [-0.15, -0.1) is 11.6 Å². The summed E-state index contributed by atoms with van der Waals surface area (Å²) < 4.78 is 0. The summed E-state index contributed by atoms with van der Waals surface area (Å²) in [6, 6.07) is 4.60. The van der Waals surface area contributed by atoms with Crippen LogP contribution in [0.3, 0.4) is 0 Å². The molecule has 0 aliphatic carbocycles. The molecule has 0 heterocycles. The van der Waals surface area contributed by atoms with Gasteiger partial charge in [0.05, 0.1) is 0 Å². The highest BCUT2D eigenvalue weighted by Gasteiger charge is 2.06. The quantitative estimate of drug-likeness (QED) is 0.566. The van der Waals surface area contributed by atoms with Crippen molar-refractivity contribution in [3.8, 4) is 5.75 Å². The zero-order chi connectivity index (χ0) is 9.14. The third kappa shape index (κ3) is 1.77. The Labute approximate surface area is 75.8 Å². The van der Waals surface area contributed by atoms with Crippen molar-refractivity contribution in [3.63, 3.8) is 0 Å². The number of benzene rings is 1. The summed E-state index contributed by atoms with van der Waals surface area (Å²) in [5, 5.41) is 9.09. The molecule has 0 unspecified atom stereocenters. The van der Waals surface area contributed by atoms with Crippen LogP contribution in [0, 0.1) is 0 Å². The lowest BCUT2D eigenvalue weighted by atomic mass is 10.1. The average Bonchev–Trinajstić information content (AvgIpc) is 2.04. The number of alkyl halides is 1. The molecule has 0 radical (unpaired) electrons. The molecule has 0 amide bonds. The first-order valence-corrected chi connectivity index (χ1v) is 4.07. The second-order valence-electron chi connectivity index (χ2n) is 2.53. The maximum atomic E-state index is 11.0. The Kier molecular flexibility index (Phi) is 2.71. The lowest BCUT2D eigenvalue weighted by Crippen LogP contribution is -1.96. The Morgan fingerprint density at radius 2 is 2.25 bits per heavy atom. The smallest absolute Gasteiger partial charge is 0.160 e. The predicted octanol–water partition coefficient (Wildman–Crippen LogP) is 2.33. The molecule has 0 atom stereocenters. The minimum absolute atomic E-state index is 0.0819. The molecule has 1 N–H and O–H groups in total. The molecule has 0 aromatic heterocycles. The van der Waals surface area contributed by atoms with Crippen molar-refractivity contribution in [1.82, 2.24) is 0 Å². The number of phenols is 1. The molecule has 1 aromatic rings. The molecule has 0 saturated carbocycles. The van der Waals surface area contributed by atoms with E-state index >= 15 is 0 Å². The van der Waals surface area contributed by atoms with Crippen LogP contribution in [0.15, 0.2) is 18.2 Å². The van der Waals surface area contributed by atoms with Gasteiger partial charge in [0.25, 0.3) is 0 Å². The van der Waals surface area contributed by atoms with E-state index in [0.717, 1.165) is 5.56 Å². The van der Waals surface area contributed by atoms with E-state index in [1.165, 1.54) is 19.1 Å². The van der Waals surface area contributed by atoms with Gasteiger partial charge in [-0.1, -0.05) is 6.07 Å². The van der Waals surface area contributed by atoms with Gasteiger partial charge in [-0.2, -0.15) is 0 Å². The first-order chi connectivity index (χ1) is 5.65. The van der Waals surface area contributed by atoms with Crippen molar-refractivity contribution in [1.29, 1.82) is 0 Å². The van der Waals surface area contributed by atoms with Crippen molar-refractivity contribution in [2.24, 2.45) is 0 Å². The van der Waals surface area contributed by atoms with Crippen LogP contribution in [-0.2, 0) is 5.88 Å². The summed E-state index contributed by atoms with van der Waals surface area (Å²) in [7, 11) is 0. The topological polar surface area (TPSA) is 37.3 Å². The van der Waals surface area contributed by atoms with Gasteiger partial charge in [-0.3, -0.25) is 4.79 Å². The minimum atomic E-state index is -0.0819. The number of rotatable bonds is 2. The highest BCUT2D eigenvalue weighted by molar-refractivity contribution is 6.17. The van der Waals surface area contributed by atoms with Crippen molar-refractivity contribution in [2.75, 3.05) is 0 Å². The second kappa shape index (κ2) is 3.59. The van der Waals surface area contributed by atoms with E-state index in [1.54, 1.807) is 6.07 Å². The van der Waals surface area contributed by atoms with E-state index in [9.17, 15) is 4.79 Å². The van der Waals surface area contributed by atoms with Crippen LogP contribution < -0.4 is 0 Å². The van der Waals surface area contributed by atoms with Crippen molar-refractivity contribution < 1.29 is 9.90 Å². The monoisotopic (exact) mass is 184 g/mol. The molecule has 12 heavy (non-hydrogen) atoms. The molecule has 0 aliphatic rings. The van der Waals surface area contributed by atoms with E-state index in [-0.39, 0.29) is 17.4 Å². The van der Waals surface area contributed by atoms with Crippen molar-refractivity contribution in [3.05, 3.63) is 29.3 Å². The zero-order valence-electron chi connectivity index (χ0n) is 6.67. The standard InChI is InChI=1S/C9H9ClO2/c1-6(11)9-4-8(12)3-2-7(9)5-10/h2-4,12H,5H2,1H3. The summed E-state index contributed by atoms with van der Waals surface area (Å²) in [5.41, 5.74) is 1.24. The lowest BCUT2D eigenvalue weighted by molar-refractivity contribution is 0.101. The third-order valence-corrected chi connectivity index (χ3v) is 1.90. The number of carbonyl (C=O) groups excluding carboxylic acids is 1. The maximum absolute atomic E-state index is 11.0. The number of phenolic OH excluding ortho intramolecular Hbond substituents is 1. The molecule has 0 bridgehead atoms. The largest absolute Gasteiger partial charge is 0.508 e. The van der Waals surface area contributed by atoms with Gasteiger partial charge in [0.15, 0.2) is 5.78 Å². The van der Waals surface area contributed by atoms with Gasteiger partial charge in [-0.25, -0.2) is 0 Å². The molecular formula is C9H9ClO2. The molecule has 3 heteroatoms. The summed E-state index contributed by atoms with van der Waals surface area (Å²) in [6.07, 6.45) is 0. The van der Waals surface area contributed by atoms with Crippen LogP contribution in [0.5, 0.6) is 5.75 Å². The molecule has 1 rings (SSSR count). The number of halogens is 1. The Balaban J connectivity index is 3.21. The molecule has 0 saturated heterocycles. The second-order valence-corrected chi connectivity index (χ2v) is 2.80.